The number of nitrogens with zero attached hydrogens (tertiary/aromatic N) is 3. The zero-order valence-electron chi connectivity index (χ0n) is 11.9. The minimum atomic E-state index is -0.883. The predicted molar refractivity (Wildman–Crippen MR) is 77.9 cm³/mol. The highest BCUT2D eigenvalue weighted by Gasteiger charge is 2.27. The number of amides is 1. The normalized spacial score (nSPS) is 19.2. The molecule has 1 aliphatic heterocycles. The van der Waals surface area contributed by atoms with Crippen LogP contribution in [0.4, 0.5) is 10.5 Å². The summed E-state index contributed by atoms with van der Waals surface area (Å²) in [6, 6.07) is 5.54. The van der Waals surface area contributed by atoms with Crippen LogP contribution in [0.1, 0.15) is 6.92 Å². The lowest BCUT2D eigenvalue weighted by atomic mass is 10.1. The number of aryl methyl sites for hydroxylation is 1. The number of hydrogen-bond acceptors (Lipinski definition) is 4. The standard InChI is InChI=1S/C14H17N3O4/c1-9-8-16(5-6-17(9)13(18)19)10-3-4-11-12(7-10)21-14(20)15(11)2/h3-4,7,9H,5-6,8H2,1-2H3,(H,18,19)/t9-/m0/s1. The van der Waals surface area contributed by atoms with Gasteiger partial charge in [0.2, 0.25) is 0 Å². The summed E-state index contributed by atoms with van der Waals surface area (Å²) in [6.45, 7) is 3.60. The Kier molecular flexibility index (Phi) is 3.12. The Bertz CT molecular complexity index is 748. The third kappa shape index (κ3) is 2.24. The number of rotatable bonds is 1. The topological polar surface area (TPSA) is 78.9 Å². The van der Waals surface area contributed by atoms with Crippen LogP contribution in [-0.4, -0.2) is 46.3 Å². The van der Waals surface area contributed by atoms with E-state index in [1.165, 1.54) is 9.47 Å². The molecule has 0 bridgehead atoms. The van der Waals surface area contributed by atoms with Gasteiger partial charge in [-0.2, -0.15) is 0 Å². The Hall–Kier alpha value is -2.44. The molecule has 0 unspecified atom stereocenters. The molecule has 2 heterocycles. The quantitative estimate of drug-likeness (QED) is 0.857. The Morgan fingerprint density at radius 1 is 1.38 bits per heavy atom. The highest BCUT2D eigenvalue weighted by molar-refractivity contribution is 5.78. The first kappa shape index (κ1) is 13.5. The lowest BCUT2D eigenvalue weighted by Crippen LogP contribution is -2.53. The summed E-state index contributed by atoms with van der Waals surface area (Å²) in [4.78, 5) is 26.1. The third-order valence-electron chi connectivity index (χ3n) is 4.01. The Morgan fingerprint density at radius 3 is 2.81 bits per heavy atom. The summed E-state index contributed by atoms with van der Waals surface area (Å²) in [6.07, 6.45) is -0.883. The number of piperazine rings is 1. The molecule has 1 amide bonds. The van der Waals surface area contributed by atoms with E-state index in [4.69, 9.17) is 9.52 Å². The van der Waals surface area contributed by atoms with Crippen LogP contribution in [0.3, 0.4) is 0 Å². The molecular weight excluding hydrogens is 274 g/mol. The van der Waals surface area contributed by atoms with Crippen molar-refractivity contribution in [3.05, 3.63) is 28.7 Å². The largest absolute Gasteiger partial charge is 0.465 e. The van der Waals surface area contributed by atoms with E-state index in [1.807, 2.05) is 25.1 Å². The van der Waals surface area contributed by atoms with Crippen molar-refractivity contribution in [1.82, 2.24) is 9.47 Å². The first-order chi connectivity index (χ1) is 9.97. The van der Waals surface area contributed by atoms with Gasteiger partial charge in [0, 0.05) is 44.5 Å². The molecule has 21 heavy (non-hydrogen) atoms. The zero-order chi connectivity index (χ0) is 15.1. The number of carbonyl (C=O) groups is 1. The second kappa shape index (κ2) is 4.83. The molecule has 1 saturated heterocycles. The van der Waals surface area contributed by atoms with E-state index in [0.29, 0.717) is 25.2 Å². The predicted octanol–water partition coefficient (Wildman–Crippen LogP) is 1.32. The summed E-state index contributed by atoms with van der Waals surface area (Å²) < 4.78 is 6.65. The maximum atomic E-state index is 11.5. The van der Waals surface area contributed by atoms with Gasteiger partial charge in [0.05, 0.1) is 5.52 Å². The van der Waals surface area contributed by atoms with Gasteiger partial charge in [-0.05, 0) is 19.1 Å². The molecule has 1 atom stereocenters. The van der Waals surface area contributed by atoms with Gasteiger partial charge in [0.25, 0.3) is 0 Å². The fourth-order valence-corrected chi connectivity index (χ4v) is 2.80. The van der Waals surface area contributed by atoms with E-state index in [-0.39, 0.29) is 11.8 Å². The van der Waals surface area contributed by atoms with Crippen molar-refractivity contribution in [1.29, 1.82) is 0 Å². The number of aromatic nitrogens is 1. The molecule has 0 spiro atoms. The highest BCUT2D eigenvalue weighted by atomic mass is 16.4. The maximum Gasteiger partial charge on any atom is 0.419 e. The van der Waals surface area contributed by atoms with Crippen LogP contribution in [0.5, 0.6) is 0 Å². The molecule has 1 aliphatic rings. The molecule has 0 saturated carbocycles. The van der Waals surface area contributed by atoms with Crippen LogP contribution >= 0.6 is 0 Å². The molecule has 3 rings (SSSR count). The van der Waals surface area contributed by atoms with Gasteiger partial charge in [0.15, 0.2) is 5.58 Å². The Balaban J connectivity index is 1.88. The molecule has 1 aromatic carbocycles. The average molecular weight is 291 g/mol. The van der Waals surface area contributed by atoms with Gasteiger partial charge in [-0.15, -0.1) is 0 Å². The summed E-state index contributed by atoms with van der Waals surface area (Å²) in [5.41, 5.74) is 2.24. The molecular formula is C14H17N3O4. The lowest BCUT2D eigenvalue weighted by Gasteiger charge is -2.39. The van der Waals surface area contributed by atoms with Crippen molar-refractivity contribution in [2.75, 3.05) is 24.5 Å². The summed E-state index contributed by atoms with van der Waals surface area (Å²) >= 11 is 0. The first-order valence-electron chi connectivity index (χ1n) is 6.81. The highest BCUT2D eigenvalue weighted by Crippen LogP contribution is 2.23. The van der Waals surface area contributed by atoms with E-state index in [0.717, 1.165) is 11.2 Å². The van der Waals surface area contributed by atoms with Crippen LogP contribution in [0, 0.1) is 0 Å². The van der Waals surface area contributed by atoms with Crippen molar-refractivity contribution >= 4 is 22.9 Å². The van der Waals surface area contributed by atoms with Crippen molar-refractivity contribution in [3.8, 4) is 0 Å². The summed E-state index contributed by atoms with van der Waals surface area (Å²) in [5, 5.41) is 9.10. The number of carboxylic acid groups (broad SMARTS) is 1. The zero-order valence-corrected chi connectivity index (χ0v) is 11.9. The van der Waals surface area contributed by atoms with Gasteiger partial charge >= 0.3 is 11.8 Å². The fourth-order valence-electron chi connectivity index (χ4n) is 2.80. The van der Waals surface area contributed by atoms with Gasteiger partial charge in [-0.25, -0.2) is 9.59 Å². The Labute approximate surface area is 121 Å². The van der Waals surface area contributed by atoms with Crippen LogP contribution in [0.2, 0.25) is 0 Å². The SMILES string of the molecule is C[C@H]1CN(c2ccc3c(c2)oc(=O)n3C)CCN1C(=O)O. The molecule has 7 nitrogen and oxygen atoms in total. The van der Waals surface area contributed by atoms with Crippen molar-refractivity contribution in [3.63, 3.8) is 0 Å². The molecule has 1 N–H and O–H groups in total. The van der Waals surface area contributed by atoms with E-state index in [2.05, 4.69) is 4.90 Å². The summed E-state index contributed by atoms with van der Waals surface area (Å²) in [7, 11) is 1.67. The van der Waals surface area contributed by atoms with Crippen LogP contribution in [0.25, 0.3) is 11.1 Å². The van der Waals surface area contributed by atoms with Gasteiger partial charge in [-0.3, -0.25) is 4.57 Å². The van der Waals surface area contributed by atoms with Crippen LogP contribution in [0.15, 0.2) is 27.4 Å². The lowest BCUT2D eigenvalue weighted by molar-refractivity contribution is 0.122. The number of fused-ring (bicyclic) bond motifs is 1. The number of anilines is 1. The minimum absolute atomic E-state index is 0.0743. The molecule has 0 aliphatic carbocycles. The summed E-state index contributed by atoms with van der Waals surface area (Å²) in [5.74, 6) is -0.383. The number of benzene rings is 1. The first-order valence-corrected chi connectivity index (χ1v) is 6.81. The van der Waals surface area contributed by atoms with E-state index in [1.54, 1.807) is 7.05 Å². The molecule has 2 aromatic rings. The minimum Gasteiger partial charge on any atom is -0.465 e. The monoisotopic (exact) mass is 291 g/mol. The molecule has 1 aromatic heterocycles. The number of hydrogen-bond donors (Lipinski definition) is 1. The van der Waals surface area contributed by atoms with Gasteiger partial charge in [0.1, 0.15) is 0 Å². The van der Waals surface area contributed by atoms with E-state index >= 15 is 0 Å². The second-order valence-corrected chi connectivity index (χ2v) is 5.35. The van der Waals surface area contributed by atoms with Gasteiger partial charge in [-0.1, -0.05) is 0 Å². The smallest absolute Gasteiger partial charge is 0.419 e. The second-order valence-electron chi connectivity index (χ2n) is 5.35. The third-order valence-corrected chi connectivity index (χ3v) is 4.01. The van der Waals surface area contributed by atoms with Crippen molar-refractivity contribution in [2.24, 2.45) is 7.05 Å². The molecule has 1 fully saturated rings. The average Bonchev–Trinajstić information content (AvgIpc) is 2.73. The Morgan fingerprint density at radius 2 is 2.14 bits per heavy atom. The molecule has 7 heteroatoms. The molecule has 112 valence electrons. The van der Waals surface area contributed by atoms with Gasteiger partial charge < -0.3 is 19.3 Å². The van der Waals surface area contributed by atoms with Crippen LogP contribution in [-0.2, 0) is 7.05 Å². The van der Waals surface area contributed by atoms with E-state index in [9.17, 15) is 9.59 Å². The van der Waals surface area contributed by atoms with Crippen molar-refractivity contribution < 1.29 is 14.3 Å². The van der Waals surface area contributed by atoms with Crippen molar-refractivity contribution in [2.45, 2.75) is 13.0 Å². The number of oxazole rings is 1. The molecule has 0 radical (unpaired) electrons. The maximum absolute atomic E-state index is 11.5. The van der Waals surface area contributed by atoms with Crippen LogP contribution < -0.4 is 10.7 Å². The fraction of sp³-hybridized carbons (Fsp3) is 0.429. The van der Waals surface area contributed by atoms with E-state index < -0.39 is 6.09 Å².